The van der Waals surface area contributed by atoms with Crippen LogP contribution in [0.4, 0.5) is 5.69 Å². The quantitative estimate of drug-likeness (QED) is 0.314. The van der Waals surface area contributed by atoms with Gasteiger partial charge in [-0.1, -0.05) is 37.5 Å². The number of carbonyl (C=O) groups is 1. The summed E-state index contributed by atoms with van der Waals surface area (Å²) < 4.78 is 8.63. The van der Waals surface area contributed by atoms with Crippen molar-refractivity contribution in [3.63, 3.8) is 0 Å². The molecule has 1 saturated carbocycles. The summed E-state index contributed by atoms with van der Waals surface area (Å²) in [4.78, 5) is 17.1. The van der Waals surface area contributed by atoms with Crippen LogP contribution in [0.3, 0.4) is 0 Å². The zero-order valence-corrected chi connectivity index (χ0v) is 25.7. The van der Waals surface area contributed by atoms with Gasteiger partial charge in [0.2, 0.25) is 0 Å². The molecule has 7 heteroatoms. The van der Waals surface area contributed by atoms with E-state index in [1.54, 1.807) is 6.07 Å². The molecule has 1 unspecified atom stereocenters. The Bertz CT molecular complexity index is 1380. The van der Waals surface area contributed by atoms with Crippen LogP contribution < -0.4 is 4.90 Å². The third-order valence-corrected chi connectivity index (χ3v) is 9.32. The summed E-state index contributed by atoms with van der Waals surface area (Å²) in [6, 6.07) is 12.7. The summed E-state index contributed by atoms with van der Waals surface area (Å²) in [7, 11) is 0. The lowest BCUT2D eigenvalue weighted by Crippen LogP contribution is -2.44. The Balaban J connectivity index is 0.00000337. The second-order valence-electron chi connectivity index (χ2n) is 12.5. The molecule has 3 heterocycles. The molecule has 1 atom stereocenters. The van der Waals surface area contributed by atoms with E-state index in [1.165, 1.54) is 72.0 Å². The van der Waals surface area contributed by atoms with Gasteiger partial charge >= 0.3 is 5.97 Å². The van der Waals surface area contributed by atoms with Gasteiger partial charge in [0.1, 0.15) is 0 Å². The SMILES string of the molecule is Cc1ccc2c(c1)N(CCN1CCCC(OC(C)C)C1)CCn1c-2c(C2CCCCC2)c2ccc(C(=O)O)cc21.Cl. The highest BCUT2D eigenvalue weighted by Gasteiger charge is 2.31. The molecule has 3 aliphatic rings. The van der Waals surface area contributed by atoms with E-state index in [-0.39, 0.29) is 18.5 Å². The largest absolute Gasteiger partial charge is 0.478 e. The molecule has 2 aromatic carbocycles. The molecule has 41 heavy (non-hydrogen) atoms. The number of hydrogen-bond acceptors (Lipinski definition) is 4. The predicted octanol–water partition coefficient (Wildman–Crippen LogP) is 7.49. The molecule has 1 saturated heterocycles. The first kappa shape index (κ1) is 29.9. The van der Waals surface area contributed by atoms with Crippen molar-refractivity contribution in [3.05, 3.63) is 53.1 Å². The number of benzene rings is 2. The Morgan fingerprint density at radius 2 is 1.78 bits per heavy atom. The van der Waals surface area contributed by atoms with Crippen LogP contribution >= 0.6 is 12.4 Å². The van der Waals surface area contributed by atoms with Crippen LogP contribution in [0.25, 0.3) is 22.2 Å². The molecule has 2 fully saturated rings. The van der Waals surface area contributed by atoms with Crippen LogP contribution in [0.5, 0.6) is 0 Å². The van der Waals surface area contributed by atoms with Crippen molar-refractivity contribution in [2.75, 3.05) is 37.6 Å². The molecule has 6 nitrogen and oxygen atoms in total. The second-order valence-corrected chi connectivity index (χ2v) is 12.5. The fraction of sp³-hybridized carbons (Fsp3) is 0.559. The van der Waals surface area contributed by atoms with E-state index in [0.717, 1.165) is 51.2 Å². The summed E-state index contributed by atoms with van der Waals surface area (Å²) in [5.41, 5.74) is 8.13. The van der Waals surface area contributed by atoms with Crippen molar-refractivity contribution in [2.45, 2.75) is 90.4 Å². The number of aromatic nitrogens is 1. The summed E-state index contributed by atoms with van der Waals surface area (Å²) in [6.07, 6.45) is 9.25. The number of hydrogen-bond donors (Lipinski definition) is 1. The van der Waals surface area contributed by atoms with Crippen LogP contribution in [0, 0.1) is 6.92 Å². The van der Waals surface area contributed by atoms with E-state index in [4.69, 9.17) is 4.74 Å². The van der Waals surface area contributed by atoms with Gasteiger partial charge in [0.15, 0.2) is 0 Å². The van der Waals surface area contributed by atoms with Crippen LogP contribution in [0.15, 0.2) is 36.4 Å². The maximum absolute atomic E-state index is 12.0. The first-order valence-electron chi connectivity index (χ1n) is 15.5. The molecular formula is C34H46ClN3O3. The number of likely N-dealkylation sites (tertiary alicyclic amines) is 1. The maximum Gasteiger partial charge on any atom is 0.335 e. The average molecular weight is 580 g/mol. The molecule has 6 rings (SSSR count). The van der Waals surface area contributed by atoms with Crippen LogP contribution in [-0.4, -0.2) is 65.5 Å². The van der Waals surface area contributed by atoms with Gasteiger partial charge in [-0.2, -0.15) is 0 Å². The predicted molar refractivity (Wildman–Crippen MR) is 170 cm³/mol. The lowest BCUT2D eigenvalue weighted by atomic mass is 9.81. The molecule has 1 aromatic heterocycles. The monoisotopic (exact) mass is 579 g/mol. The van der Waals surface area contributed by atoms with Crippen molar-refractivity contribution in [3.8, 4) is 11.3 Å². The van der Waals surface area contributed by atoms with Gasteiger partial charge in [0, 0.05) is 54.9 Å². The van der Waals surface area contributed by atoms with Crippen molar-refractivity contribution >= 4 is 35.0 Å². The minimum Gasteiger partial charge on any atom is -0.478 e. The highest BCUT2D eigenvalue weighted by Crippen LogP contribution is 2.47. The van der Waals surface area contributed by atoms with E-state index in [9.17, 15) is 9.90 Å². The molecule has 1 aliphatic carbocycles. The number of ether oxygens (including phenoxy) is 1. The molecule has 1 N–H and O–H groups in total. The third-order valence-electron chi connectivity index (χ3n) is 9.32. The van der Waals surface area contributed by atoms with E-state index < -0.39 is 5.97 Å². The molecule has 222 valence electrons. The van der Waals surface area contributed by atoms with Crippen molar-refractivity contribution in [1.82, 2.24) is 9.47 Å². The first-order chi connectivity index (χ1) is 19.4. The number of halogens is 1. The summed E-state index contributed by atoms with van der Waals surface area (Å²) >= 11 is 0. The summed E-state index contributed by atoms with van der Waals surface area (Å²) in [5.74, 6) is -0.334. The van der Waals surface area contributed by atoms with Gasteiger partial charge in [-0.25, -0.2) is 4.79 Å². The zero-order chi connectivity index (χ0) is 27.8. The van der Waals surface area contributed by atoms with Gasteiger partial charge in [0.05, 0.1) is 23.5 Å². The molecule has 0 amide bonds. The lowest BCUT2D eigenvalue weighted by Gasteiger charge is -2.35. The molecular weight excluding hydrogens is 534 g/mol. The third kappa shape index (κ3) is 6.16. The van der Waals surface area contributed by atoms with E-state index >= 15 is 0 Å². The highest BCUT2D eigenvalue weighted by atomic mass is 35.5. The Kier molecular flexibility index (Phi) is 9.32. The molecule has 0 bridgehead atoms. The molecule has 3 aromatic rings. The van der Waals surface area contributed by atoms with Gasteiger partial charge in [0.25, 0.3) is 0 Å². The Hall–Kier alpha value is -2.54. The smallest absolute Gasteiger partial charge is 0.335 e. The Morgan fingerprint density at radius 1 is 0.976 bits per heavy atom. The highest BCUT2D eigenvalue weighted by molar-refractivity contribution is 5.99. The topological polar surface area (TPSA) is 57.9 Å². The van der Waals surface area contributed by atoms with Crippen molar-refractivity contribution < 1.29 is 14.6 Å². The fourth-order valence-corrected chi connectivity index (χ4v) is 7.49. The number of fused-ring (bicyclic) bond motifs is 5. The number of carboxylic acid groups (broad SMARTS) is 1. The van der Waals surface area contributed by atoms with Gasteiger partial charge < -0.3 is 19.3 Å². The number of carboxylic acids is 1. The Labute approximate surface area is 251 Å². The number of anilines is 1. The first-order valence-corrected chi connectivity index (χ1v) is 15.5. The molecule has 2 aliphatic heterocycles. The number of nitrogens with zero attached hydrogens (tertiary/aromatic N) is 3. The number of aromatic carboxylic acids is 1. The van der Waals surface area contributed by atoms with Crippen molar-refractivity contribution in [1.29, 1.82) is 0 Å². The van der Waals surface area contributed by atoms with E-state index in [2.05, 4.69) is 59.4 Å². The Morgan fingerprint density at radius 3 is 2.54 bits per heavy atom. The normalized spacial score (nSPS) is 20.0. The average Bonchev–Trinajstić information content (AvgIpc) is 3.17. The standard InChI is InChI=1S/C34H45N3O3.ClH/c1-23(2)40-27-10-7-15-35(22-27)16-17-36-18-19-37-31-21-26(34(38)39)12-14-28(31)32(25-8-5-4-6-9-25)33(37)29-13-11-24(3)20-30(29)36;/h11-14,20-21,23,25,27H,4-10,15-19,22H2,1-3H3,(H,38,39);1H. The van der Waals surface area contributed by atoms with Crippen LogP contribution in [-0.2, 0) is 11.3 Å². The second kappa shape index (κ2) is 12.8. The van der Waals surface area contributed by atoms with E-state index in [0.29, 0.717) is 17.6 Å². The molecule has 0 radical (unpaired) electrons. The van der Waals surface area contributed by atoms with Gasteiger partial charge in [-0.3, -0.25) is 4.90 Å². The van der Waals surface area contributed by atoms with Gasteiger partial charge in [-0.15, -0.1) is 12.4 Å². The minimum atomic E-state index is -0.857. The summed E-state index contributed by atoms with van der Waals surface area (Å²) in [5, 5.41) is 11.1. The minimum absolute atomic E-state index is 0. The fourth-order valence-electron chi connectivity index (χ4n) is 7.49. The molecule has 0 spiro atoms. The van der Waals surface area contributed by atoms with Gasteiger partial charge in [-0.05, 0) is 88.2 Å². The van der Waals surface area contributed by atoms with Crippen LogP contribution in [0.2, 0.25) is 0 Å². The van der Waals surface area contributed by atoms with Crippen molar-refractivity contribution in [2.24, 2.45) is 0 Å². The van der Waals surface area contributed by atoms with E-state index in [1.807, 2.05) is 6.07 Å². The zero-order valence-electron chi connectivity index (χ0n) is 24.9. The lowest BCUT2D eigenvalue weighted by molar-refractivity contribution is -0.0324. The number of rotatable bonds is 7. The van der Waals surface area contributed by atoms with Crippen LogP contribution in [0.1, 0.15) is 86.2 Å². The maximum atomic E-state index is 12.0. The number of aryl methyl sites for hydroxylation is 1. The summed E-state index contributed by atoms with van der Waals surface area (Å²) in [6.45, 7) is 12.4. The number of piperidine rings is 1.